The fraction of sp³-hybridized carbons (Fsp3) is 0.143. The van der Waals surface area contributed by atoms with Gasteiger partial charge in [0.2, 0.25) is 0 Å². The van der Waals surface area contributed by atoms with Crippen molar-refractivity contribution in [3.63, 3.8) is 0 Å². The van der Waals surface area contributed by atoms with Gasteiger partial charge in [-0.25, -0.2) is 0 Å². The normalized spacial score (nSPS) is 11.2. The highest BCUT2D eigenvalue weighted by Gasteiger charge is 2.12. The smallest absolute Gasteiger partial charge is 0.139 e. The fourth-order valence-corrected chi connectivity index (χ4v) is 2.23. The summed E-state index contributed by atoms with van der Waals surface area (Å²) in [5.41, 5.74) is 11.6. The zero-order chi connectivity index (χ0) is 12.9. The molecule has 0 fully saturated rings. The first kappa shape index (κ1) is 10.8. The van der Waals surface area contributed by atoms with Crippen molar-refractivity contribution in [2.24, 2.45) is 0 Å². The molecule has 3 aromatic rings. The van der Waals surface area contributed by atoms with Crippen LogP contribution >= 0.6 is 0 Å². The molecule has 4 nitrogen and oxygen atoms in total. The van der Waals surface area contributed by atoms with Crippen LogP contribution in [0.1, 0.15) is 11.1 Å². The van der Waals surface area contributed by atoms with Crippen LogP contribution < -0.4 is 5.73 Å². The average Bonchev–Trinajstić information content (AvgIpc) is 2.91. The molecule has 4 heteroatoms. The third-order valence-corrected chi connectivity index (χ3v) is 3.47. The number of nitrogens with two attached hydrogens (primary N) is 1. The Labute approximate surface area is 104 Å². The maximum atomic E-state index is 9.83. The van der Waals surface area contributed by atoms with Crippen LogP contribution in [0.2, 0.25) is 0 Å². The Morgan fingerprint density at radius 1 is 1.22 bits per heavy atom. The molecule has 92 valence electrons. The number of fused-ring (bicyclic) bond motifs is 1. The second-order valence-electron chi connectivity index (χ2n) is 4.62. The molecule has 2 aromatic heterocycles. The van der Waals surface area contributed by atoms with Gasteiger partial charge in [0.05, 0.1) is 16.9 Å². The first-order chi connectivity index (χ1) is 8.58. The third-order valence-electron chi connectivity index (χ3n) is 3.47. The number of aromatic nitrogens is 2. The summed E-state index contributed by atoms with van der Waals surface area (Å²) in [7, 11) is 0. The van der Waals surface area contributed by atoms with Gasteiger partial charge in [0.15, 0.2) is 0 Å². The van der Waals surface area contributed by atoms with E-state index in [-0.39, 0.29) is 5.75 Å². The summed E-state index contributed by atoms with van der Waals surface area (Å²) in [5, 5.41) is 10.7. The number of hydrogen-bond donors (Lipinski definition) is 4. The van der Waals surface area contributed by atoms with Crippen LogP contribution in [0.15, 0.2) is 24.4 Å². The largest absolute Gasteiger partial charge is 0.506 e. The summed E-state index contributed by atoms with van der Waals surface area (Å²) in [5.74, 6) is 0.214. The summed E-state index contributed by atoms with van der Waals surface area (Å²) in [4.78, 5) is 6.45. The van der Waals surface area contributed by atoms with Crippen LogP contribution in [-0.4, -0.2) is 15.1 Å². The maximum Gasteiger partial charge on any atom is 0.139 e. The van der Waals surface area contributed by atoms with Gasteiger partial charge in [0, 0.05) is 17.3 Å². The van der Waals surface area contributed by atoms with Gasteiger partial charge >= 0.3 is 0 Å². The molecule has 0 saturated carbocycles. The number of aryl methyl sites for hydroxylation is 1. The Morgan fingerprint density at radius 3 is 2.61 bits per heavy atom. The summed E-state index contributed by atoms with van der Waals surface area (Å²) in [6, 6.07) is 5.27. The van der Waals surface area contributed by atoms with Gasteiger partial charge in [-0.1, -0.05) is 0 Å². The quantitative estimate of drug-likeness (QED) is 0.390. The Hall–Kier alpha value is -2.36. The molecule has 5 N–H and O–H groups in total. The number of anilines is 1. The number of phenolic OH excluding ortho intramolecular Hbond substituents is 1. The van der Waals surface area contributed by atoms with Crippen LogP contribution in [-0.2, 0) is 0 Å². The van der Waals surface area contributed by atoms with E-state index in [4.69, 9.17) is 5.73 Å². The highest BCUT2D eigenvalue weighted by atomic mass is 16.3. The van der Waals surface area contributed by atoms with Gasteiger partial charge in [0.1, 0.15) is 5.75 Å². The second kappa shape index (κ2) is 3.57. The highest BCUT2D eigenvalue weighted by Crippen LogP contribution is 2.34. The lowest BCUT2D eigenvalue weighted by atomic mass is 10.1. The van der Waals surface area contributed by atoms with E-state index >= 15 is 0 Å². The Balaban J connectivity index is 2.29. The number of H-pyrrole nitrogens is 2. The van der Waals surface area contributed by atoms with Crippen LogP contribution in [0.25, 0.3) is 22.3 Å². The predicted octanol–water partition coefficient (Wildman–Crippen LogP) is 3.07. The topological polar surface area (TPSA) is 77.8 Å². The molecule has 0 aliphatic carbocycles. The molecule has 0 amide bonds. The van der Waals surface area contributed by atoms with Gasteiger partial charge in [0.25, 0.3) is 0 Å². The zero-order valence-corrected chi connectivity index (χ0v) is 10.3. The van der Waals surface area contributed by atoms with Crippen molar-refractivity contribution in [3.05, 3.63) is 35.5 Å². The number of hydrogen-bond acceptors (Lipinski definition) is 2. The molecule has 2 heterocycles. The predicted molar refractivity (Wildman–Crippen MR) is 73.6 cm³/mol. The number of aromatic amines is 2. The first-order valence-corrected chi connectivity index (χ1v) is 5.83. The number of rotatable bonds is 1. The second-order valence-corrected chi connectivity index (χ2v) is 4.62. The van der Waals surface area contributed by atoms with Crippen molar-refractivity contribution < 1.29 is 5.11 Å². The SMILES string of the molecule is Cc1c[nH]c(-c2cc3c(N)ccc(O)c3[nH]2)c1C. The molecule has 0 bridgehead atoms. The van der Waals surface area contributed by atoms with Crippen molar-refractivity contribution >= 4 is 16.6 Å². The molecule has 0 radical (unpaired) electrons. The lowest BCUT2D eigenvalue weighted by Gasteiger charge is -1.97. The van der Waals surface area contributed by atoms with E-state index in [0.29, 0.717) is 11.2 Å². The molecule has 1 aromatic carbocycles. The molecule has 0 atom stereocenters. The Kier molecular flexibility index (Phi) is 2.13. The first-order valence-electron chi connectivity index (χ1n) is 5.83. The van der Waals surface area contributed by atoms with E-state index < -0.39 is 0 Å². The van der Waals surface area contributed by atoms with Crippen LogP contribution in [0, 0.1) is 13.8 Å². The third kappa shape index (κ3) is 1.39. The number of benzene rings is 1. The van der Waals surface area contributed by atoms with Crippen molar-refractivity contribution in [3.8, 4) is 17.1 Å². The zero-order valence-electron chi connectivity index (χ0n) is 10.3. The van der Waals surface area contributed by atoms with E-state index in [1.807, 2.05) is 12.3 Å². The van der Waals surface area contributed by atoms with Gasteiger partial charge in [-0.05, 0) is 43.2 Å². The van der Waals surface area contributed by atoms with Crippen LogP contribution in [0.5, 0.6) is 5.75 Å². The Morgan fingerprint density at radius 2 is 2.00 bits per heavy atom. The number of phenols is 1. The van der Waals surface area contributed by atoms with Crippen LogP contribution in [0.3, 0.4) is 0 Å². The number of nitrogen functional groups attached to an aromatic ring is 1. The monoisotopic (exact) mass is 241 g/mol. The van der Waals surface area contributed by atoms with Gasteiger partial charge in [-0.15, -0.1) is 0 Å². The van der Waals surface area contributed by atoms with E-state index in [2.05, 4.69) is 23.8 Å². The van der Waals surface area contributed by atoms with E-state index in [1.54, 1.807) is 12.1 Å². The fourth-order valence-electron chi connectivity index (χ4n) is 2.23. The number of nitrogens with one attached hydrogen (secondary N) is 2. The molecule has 0 aliphatic heterocycles. The minimum atomic E-state index is 0.214. The maximum absolute atomic E-state index is 9.83. The average molecular weight is 241 g/mol. The van der Waals surface area contributed by atoms with Crippen molar-refractivity contribution in [1.82, 2.24) is 9.97 Å². The molecule has 0 spiro atoms. The van der Waals surface area contributed by atoms with Crippen molar-refractivity contribution in [2.45, 2.75) is 13.8 Å². The minimum Gasteiger partial charge on any atom is -0.506 e. The highest BCUT2D eigenvalue weighted by molar-refractivity contribution is 5.98. The number of aromatic hydroxyl groups is 1. The standard InChI is InChI=1S/C14H15N3O/c1-7-6-16-13(8(7)2)11-5-9-10(15)3-4-12(18)14(9)17-11/h3-6,16-18H,15H2,1-2H3. The molecular weight excluding hydrogens is 226 g/mol. The summed E-state index contributed by atoms with van der Waals surface area (Å²) < 4.78 is 0. The van der Waals surface area contributed by atoms with Crippen molar-refractivity contribution in [2.75, 3.05) is 5.73 Å². The molecular formula is C14H15N3O. The van der Waals surface area contributed by atoms with Gasteiger partial charge in [-0.3, -0.25) is 0 Å². The molecule has 3 rings (SSSR count). The van der Waals surface area contributed by atoms with Crippen LogP contribution in [0.4, 0.5) is 5.69 Å². The molecule has 18 heavy (non-hydrogen) atoms. The van der Waals surface area contributed by atoms with Crippen molar-refractivity contribution in [1.29, 1.82) is 0 Å². The lowest BCUT2D eigenvalue weighted by Crippen LogP contribution is -1.84. The van der Waals surface area contributed by atoms with Gasteiger partial charge < -0.3 is 20.8 Å². The van der Waals surface area contributed by atoms with E-state index in [0.717, 1.165) is 16.8 Å². The molecule has 0 aliphatic rings. The molecule has 0 saturated heterocycles. The Bertz CT molecular complexity index is 698. The summed E-state index contributed by atoms with van der Waals surface area (Å²) in [6.07, 6.45) is 1.97. The molecule has 0 unspecified atom stereocenters. The summed E-state index contributed by atoms with van der Waals surface area (Å²) in [6.45, 7) is 4.12. The van der Waals surface area contributed by atoms with Gasteiger partial charge in [-0.2, -0.15) is 0 Å². The lowest BCUT2D eigenvalue weighted by molar-refractivity contribution is 0.480. The van der Waals surface area contributed by atoms with E-state index in [9.17, 15) is 5.11 Å². The summed E-state index contributed by atoms with van der Waals surface area (Å²) >= 11 is 0. The minimum absolute atomic E-state index is 0.214. The van der Waals surface area contributed by atoms with E-state index in [1.165, 1.54) is 11.1 Å².